The molecule has 0 aliphatic heterocycles. The molecule has 2 aromatic rings. The Labute approximate surface area is 124 Å². The first-order valence-electron chi connectivity index (χ1n) is 6.80. The summed E-state index contributed by atoms with van der Waals surface area (Å²) in [5.41, 5.74) is 2.03. The lowest BCUT2D eigenvalue weighted by atomic mass is 10.2. The number of anilines is 2. The second-order valence-electron chi connectivity index (χ2n) is 4.89. The fourth-order valence-corrected chi connectivity index (χ4v) is 1.69. The predicted octanol–water partition coefficient (Wildman–Crippen LogP) is 2.62. The Hall–Kier alpha value is -2.63. The average molecular weight is 285 g/mol. The quantitative estimate of drug-likeness (QED) is 0.789. The minimum absolute atomic E-state index is 0.0892. The van der Waals surface area contributed by atoms with Crippen molar-refractivity contribution < 1.29 is 4.79 Å². The maximum atomic E-state index is 11.5. The summed E-state index contributed by atoms with van der Waals surface area (Å²) in [6.45, 7) is 4.50. The summed E-state index contributed by atoms with van der Waals surface area (Å²) in [4.78, 5) is 19.7. The molecule has 0 bridgehead atoms. The minimum Gasteiger partial charge on any atom is -0.380 e. The Morgan fingerprint density at radius 3 is 2.57 bits per heavy atom. The van der Waals surface area contributed by atoms with Crippen LogP contribution in [-0.2, 0) is 6.54 Å². The Morgan fingerprint density at radius 1 is 1.19 bits per heavy atom. The number of rotatable bonds is 5. The molecule has 0 spiro atoms. The van der Waals surface area contributed by atoms with Crippen LogP contribution in [0, 0.1) is 0 Å². The van der Waals surface area contributed by atoms with Crippen molar-refractivity contribution in [2.75, 3.05) is 10.6 Å². The van der Waals surface area contributed by atoms with E-state index in [1.54, 1.807) is 24.7 Å². The molecule has 21 heavy (non-hydrogen) atoms. The van der Waals surface area contributed by atoms with E-state index in [2.05, 4.69) is 25.9 Å². The summed E-state index contributed by atoms with van der Waals surface area (Å²) < 4.78 is 0. The average Bonchev–Trinajstić information content (AvgIpc) is 2.47. The molecule has 0 aromatic carbocycles. The molecule has 2 aromatic heterocycles. The first-order chi connectivity index (χ1) is 10.1. The van der Waals surface area contributed by atoms with Gasteiger partial charge in [-0.1, -0.05) is 0 Å². The maximum absolute atomic E-state index is 11.5. The number of urea groups is 1. The lowest BCUT2D eigenvalue weighted by Gasteiger charge is -2.10. The normalized spacial score (nSPS) is 10.2. The third-order valence-corrected chi connectivity index (χ3v) is 2.67. The number of carbonyl (C=O) groups excluding carboxylic acids is 1. The number of aromatic nitrogens is 2. The van der Waals surface area contributed by atoms with E-state index >= 15 is 0 Å². The summed E-state index contributed by atoms with van der Waals surface area (Å²) in [7, 11) is 0. The number of nitrogens with zero attached hydrogens (tertiary/aromatic N) is 2. The first-order valence-corrected chi connectivity index (χ1v) is 6.80. The molecular formula is C15H19N5O. The molecule has 0 saturated heterocycles. The van der Waals surface area contributed by atoms with Crippen LogP contribution in [0.2, 0.25) is 0 Å². The van der Waals surface area contributed by atoms with E-state index < -0.39 is 0 Å². The van der Waals surface area contributed by atoms with E-state index in [1.165, 1.54) is 0 Å². The number of carbonyl (C=O) groups is 1. The molecule has 0 saturated carbocycles. The lowest BCUT2D eigenvalue weighted by Crippen LogP contribution is -2.34. The van der Waals surface area contributed by atoms with Crippen LogP contribution < -0.4 is 16.0 Å². The van der Waals surface area contributed by atoms with Gasteiger partial charge in [0, 0.05) is 25.0 Å². The second-order valence-corrected chi connectivity index (χ2v) is 4.89. The van der Waals surface area contributed by atoms with Gasteiger partial charge < -0.3 is 10.6 Å². The highest BCUT2D eigenvalue weighted by Crippen LogP contribution is 2.11. The summed E-state index contributed by atoms with van der Waals surface area (Å²) in [6, 6.07) is 7.37. The highest BCUT2D eigenvalue weighted by Gasteiger charge is 2.04. The third kappa shape index (κ3) is 5.10. The molecule has 6 heteroatoms. The standard InChI is InChI=1S/C15H19N5O/c1-11(2)19-15(21)20-14-4-3-13(10-18-14)17-9-12-5-7-16-8-6-12/h3-8,10-11,17H,9H2,1-2H3,(H2,18,19,20,21). The number of hydrogen-bond donors (Lipinski definition) is 3. The van der Waals surface area contributed by atoms with Crippen LogP contribution in [0.1, 0.15) is 19.4 Å². The van der Waals surface area contributed by atoms with Crippen LogP contribution in [0.4, 0.5) is 16.3 Å². The molecule has 3 N–H and O–H groups in total. The molecular weight excluding hydrogens is 266 g/mol. The van der Waals surface area contributed by atoms with Crippen molar-refractivity contribution in [2.45, 2.75) is 26.4 Å². The van der Waals surface area contributed by atoms with Gasteiger partial charge in [-0.2, -0.15) is 0 Å². The van der Waals surface area contributed by atoms with E-state index in [0.717, 1.165) is 11.3 Å². The van der Waals surface area contributed by atoms with Crippen LogP contribution in [0.25, 0.3) is 0 Å². The van der Waals surface area contributed by atoms with Crippen molar-refractivity contribution in [3.05, 3.63) is 48.4 Å². The topological polar surface area (TPSA) is 78.9 Å². The largest absolute Gasteiger partial charge is 0.380 e. The predicted molar refractivity (Wildman–Crippen MR) is 83.1 cm³/mol. The summed E-state index contributed by atoms with van der Waals surface area (Å²) in [5.74, 6) is 0.516. The van der Waals surface area contributed by atoms with E-state index in [1.807, 2.05) is 32.0 Å². The zero-order chi connectivity index (χ0) is 15.1. The molecule has 0 aliphatic rings. The monoisotopic (exact) mass is 285 g/mol. The molecule has 110 valence electrons. The molecule has 0 aliphatic carbocycles. The van der Waals surface area contributed by atoms with Gasteiger partial charge in [-0.3, -0.25) is 10.3 Å². The van der Waals surface area contributed by atoms with Gasteiger partial charge in [0.2, 0.25) is 0 Å². The fourth-order valence-electron chi connectivity index (χ4n) is 1.69. The van der Waals surface area contributed by atoms with Gasteiger partial charge in [0.1, 0.15) is 5.82 Å². The minimum atomic E-state index is -0.255. The Bertz CT molecular complexity index is 568. The van der Waals surface area contributed by atoms with Crippen molar-refractivity contribution >= 4 is 17.5 Å². The van der Waals surface area contributed by atoms with Gasteiger partial charge in [0.15, 0.2) is 0 Å². The molecule has 6 nitrogen and oxygen atoms in total. The van der Waals surface area contributed by atoms with Gasteiger partial charge in [-0.05, 0) is 43.7 Å². The summed E-state index contributed by atoms with van der Waals surface area (Å²) in [6.07, 6.45) is 5.21. The molecule has 0 radical (unpaired) electrons. The van der Waals surface area contributed by atoms with Crippen molar-refractivity contribution in [1.82, 2.24) is 15.3 Å². The van der Waals surface area contributed by atoms with Gasteiger partial charge in [0.05, 0.1) is 11.9 Å². The smallest absolute Gasteiger partial charge is 0.320 e. The zero-order valence-corrected chi connectivity index (χ0v) is 12.1. The van der Waals surface area contributed by atoms with Crippen LogP contribution >= 0.6 is 0 Å². The van der Waals surface area contributed by atoms with Crippen molar-refractivity contribution in [3.63, 3.8) is 0 Å². The highest BCUT2D eigenvalue weighted by atomic mass is 16.2. The molecule has 2 heterocycles. The van der Waals surface area contributed by atoms with Crippen LogP contribution in [0.5, 0.6) is 0 Å². The Morgan fingerprint density at radius 2 is 1.95 bits per heavy atom. The van der Waals surface area contributed by atoms with Gasteiger partial charge >= 0.3 is 6.03 Å². The van der Waals surface area contributed by atoms with Gasteiger partial charge in [0.25, 0.3) is 0 Å². The number of nitrogens with one attached hydrogen (secondary N) is 3. The number of hydrogen-bond acceptors (Lipinski definition) is 4. The third-order valence-electron chi connectivity index (χ3n) is 2.67. The summed E-state index contributed by atoms with van der Waals surface area (Å²) >= 11 is 0. The van der Waals surface area contributed by atoms with E-state index in [4.69, 9.17) is 0 Å². The Balaban J connectivity index is 1.86. The van der Waals surface area contributed by atoms with Crippen molar-refractivity contribution in [1.29, 1.82) is 0 Å². The zero-order valence-electron chi connectivity index (χ0n) is 12.1. The Kier molecular flexibility index (Phi) is 5.09. The molecule has 2 amide bonds. The molecule has 2 rings (SSSR count). The molecule has 0 fully saturated rings. The van der Waals surface area contributed by atoms with Gasteiger partial charge in [-0.15, -0.1) is 0 Å². The summed E-state index contributed by atoms with van der Waals surface area (Å²) in [5, 5.41) is 8.67. The maximum Gasteiger partial charge on any atom is 0.320 e. The second kappa shape index (κ2) is 7.23. The van der Waals surface area contributed by atoms with Crippen LogP contribution in [-0.4, -0.2) is 22.0 Å². The van der Waals surface area contributed by atoms with Crippen molar-refractivity contribution in [3.8, 4) is 0 Å². The fraction of sp³-hybridized carbons (Fsp3) is 0.267. The molecule has 0 unspecified atom stereocenters. The van der Waals surface area contributed by atoms with Crippen molar-refractivity contribution in [2.24, 2.45) is 0 Å². The van der Waals surface area contributed by atoms with E-state index in [0.29, 0.717) is 12.4 Å². The lowest BCUT2D eigenvalue weighted by molar-refractivity contribution is 0.250. The highest BCUT2D eigenvalue weighted by molar-refractivity contribution is 5.88. The molecule has 0 atom stereocenters. The van der Waals surface area contributed by atoms with E-state index in [-0.39, 0.29) is 12.1 Å². The van der Waals surface area contributed by atoms with Crippen LogP contribution in [0.15, 0.2) is 42.9 Å². The number of pyridine rings is 2. The SMILES string of the molecule is CC(C)NC(=O)Nc1ccc(NCc2ccncc2)cn1. The van der Waals surface area contributed by atoms with Gasteiger partial charge in [-0.25, -0.2) is 9.78 Å². The van der Waals surface area contributed by atoms with E-state index in [9.17, 15) is 4.79 Å². The van der Waals surface area contributed by atoms with Crippen LogP contribution in [0.3, 0.4) is 0 Å². The number of amides is 2. The first kappa shape index (κ1) is 14.8.